The number of imidazole rings is 1. The molecule has 0 aliphatic carbocycles. The van der Waals surface area contributed by atoms with Crippen LogP contribution in [-0.2, 0) is 6.54 Å². The lowest BCUT2D eigenvalue weighted by Gasteiger charge is -2.30. The summed E-state index contributed by atoms with van der Waals surface area (Å²) < 4.78 is 1.53. The second-order valence-corrected chi connectivity index (χ2v) is 7.58. The summed E-state index contributed by atoms with van der Waals surface area (Å²) in [4.78, 5) is 30.4. The molecule has 166 valence electrons. The van der Waals surface area contributed by atoms with Crippen LogP contribution in [0.5, 0.6) is 5.75 Å². The van der Waals surface area contributed by atoms with Gasteiger partial charge in [0.1, 0.15) is 11.4 Å². The van der Waals surface area contributed by atoms with Gasteiger partial charge in [-0.3, -0.25) is 14.9 Å². The fourth-order valence-electron chi connectivity index (χ4n) is 3.71. The van der Waals surface area contributed by atoms with E-state index in [2.05, 4.69) is 4.98 Å². The van der Waals surface area contributed by atoms with Crippen molar-refractivity contribution in [2.75, 3.05) is 0 Å². The summed E-state index contributed by atoms with van der Waals surface area (Å²) in [6, 6.07) is 20.4. The second-order valence-electron chi connectivity index (χ2n) is 7.58. The number of hydrogen-bond acceptors (Lipinski definition) is 5. The van der Waals surface area contributed by atoms with Crippen LogP contribution < -0.4 is 0 Å². The zero-order chi connectivity index (χ0) is 23.4. The molecule has 0 saturated heterocycles. The Balaban J connectivity index is 1.75. The minimum Gasteiger partial charge on any atom is -0.508 e. The van der Waals surface area contributed by atoms with Crippen LogP contribution in [0.4, 0.5) is 5.69 Å². The Morgan fingerprint density at radius 3 is 2.52 bits per heavy atom. The van der Waals surface area contributed by atoms with Gasteiger partial charge in [-0.2, -0.15) is 0 Å². The smallest absolute Gasteiger partial charge is 0.294 e. The van der Waals surface area contributed by atoms with E-state index in [1.165, 1.54) is 23.2 Å². The predicted octanol–water partition coefficient (Wildman–Crippen LogP) is 4.89. The van der Waals surface area contributed by atoms with E-state index in [1.54, 1.807) is 47.5 Å². The van der Waals surface area contributed by atoms with Crippen molar-refractivity contribution in [2.45, 2.75) is 19.5 Å². The fraction of sp³-hybridized carbons (Fsp3) is 0.120. The van der Waals surface area contributed by atoms with E-state index in [9.17, 15) is 20.0 Å². The molecular weight excluding hydrogens is 420 g/mol. The molecule has 0 radical (unpaired) electrons. The number of phenolic OH excluding ortho intramolecular Hbond substituents is 1. The van der Waals surface area contributed by atoms with E-state index in [-0.39, 0.29) is 35.5 Å². The maximum atomic E-state index is 13.7. The van der Waals surface area contributed by atoms with Crippen LogP contribution in [0.2, 0.25) is 0 Å². The third-order valence-corrected chi connectivity index (χ3v) is 5.54. The van der Waals surface area contributed by atoms with Crippen molar-refractivity contribution in [1.82, 2.24) is 14.5 Å². The molecule has 33 heavy (non-hydrogen) atoms. The van der Waals surface area contributed by atoms with Crippen LogP contribution in [0.25, 0.3) is 5.69 Å². The summed E-state index contributed by atoms with van der Waals surface area (Å²) in [6.45, 7) is 2.03. The zero-order valence-electron chi connectivity index (χ0n) is 17.9. The zero-order valence-corrected chi connectivity index (χ0v) is 17.9. The van der Waals surface area contributed by atoms with Crippen molar-refractivity contribution in [3.8, 4) is 11.4 Å². The van der Waals surface area contributed by atoms with Crippen molar-refractivity contribution in [1.29, 1.82) is 0 Å². The van der Waals surface area contributed by atoms with Crippen molar-refractivity contribution < 1.29 is 14.8 Å². The highest BCUT2D eigenvalue weighted by Gasteiger charge is 2.26. The van der Waals surface area contributed by atoms with Crippen LogP contribution >= 0.6 is 0 Å². The first-order valence-electron chi connectivity index (χ1n) is 10.3. The Bertz CT molecular complexity index is 1270. The molecule has 0 aliphatic rings. The van der Waals surface area contributed by atoms with E-state index in [0.717, 1.165) is 5.56 Å². The number of aromatic nitrogens is 2. The van der Waals surface area contributed by atoms with Gasteiger partial charge in [0, 0.05) is 29.6 Å². The molecule has 3 aromatic carbocycles. The fourth-order valence-corrected chi connectivity index (χ4v) is 3.71. The monoisotopic (exact) mass is 442 g/mol. The van der Waals surface area contributed by atoms with Gasteiger partial charge < -0.3 is 14.6 Å². The van der Waals surface area contributed by atoms with Gasteiger partial charge in [0.05, 0.1) is 23.8 Å². The molecule has 1 atom stereocenters. The SMILES string of the molecule is CC(c1ccccc1)N(Cc1ccccc1O)C(=O)c1ccc(-n2ccnc2)c([N+](=O)[O-])c1. The standard InChI is InChI=1S/C25H22N4O4/c1-18(19-7-3-2-4-8-19)28(16-21-9-5-6-10-24(21)30)25(31)20-11-12-22(23(15-20)29(32)33)27-14-13-26-17-27/h2-15,17-18,30H,16H2,1H3. The normalized spacial score (nSPS) is 11.7. The van der Waals surface area contributed by atoms with Crippen molar-refractivity contribution in [3.63, 3.8) is 0 Å². The van der Waals surface area contributed by atoms with Gasteiger partial charge in [-0.05, 0) is 30.7 Å². The minimum absolute atomic E-state index is 0.0806. The number of para-hydroxylation sites is 1. The Labute approximate surface area is 190 Å². The van der Waals surface area contributed by atoms with E-state index < -0.39 is 4.92 Å². The molecule has 1 heterocycles. The van der Waals surface area contributed by atoms with Gasteiger partial charge >= 0.3 is 0 Å². The van der Waals surface area contributed by atoms with E-state index in [1.807, 2.05) is 37.3 Å². The van der Waals surface area contributed by atoms with Gasteiger partial charge in [-0.15, -0.1) is 0 Å². The van der Waals surface area contributed by atoms with E-state index >= 15 is 0 Å². The number of benzene rings is 3. The molecule has 1 amide bonds. The highest BCUT2D eigenvalue weighted by molar-refractivity contribution is 5.95. The Kier molecular flexibility index (Phi) is 6.17. The molecule has 0 spiro atoms. The van der Waals surface area contributed by atoms with Crippen LogP contribution in [0, 0.1) is 10.1 Å². The van der Waals surface area contributed by atoms with Crippen molar-refractivity contribution >= 4 is 11.6 Å². The minimum atomic E-state index is -0.514. The highest BCUT2D eigenvalue weighted by atomic mass is 16.6. The number of carbonyl (C=O) groups excluding carboxylic acids is 1. The molecular formula is C25H22N4O4. The third-order valence-electron chi connectivity index (χ3n) is 5.54. The summed E-state index contributed by atoms with van der Waals surface area (Å²) in [5, 5.41) is 22.1. The maximum absolute atomic E-state index is 13.7. The quantitative estimate of drug-likeness (QED) is 0.324. The third kappa shape index (κ3) is 4.59. The number of rotatable bonds is 7. The van der Waals surface area contributed by atoms with E-state index in [0.29, 0.717) is 11.3 Å². The number of nitrogens with zero attached hydrogens (tertiary/aromatic N) is 4. The average Bonchev–Trinajstić information content (AvgIpc) is 3.38. The summed E-state index contributed by atoms with van der Waals surface area (Å²) in [5.74, 6) is -0.299. The second kappa shape index (κ2) is 9.35. The molecule has 0 aliphatic heterocycles. The molecule has 0 saturated carbocycles. The predicted molar refractivity (Wildman–Crippen MR) is 123 cm³/mol. The number of carbonyl (C=O) groups is 1. The number of hydrogen-bond donors (Lipinski definition) is 1. The molecule has 1 N–H and O–H groups in total. The lowest BCUT2D eigenvalue weighted by Crippen LogP contribution is -2.33. The molecule has 0 fully saturated rings. The molecule has 0 bridgehead atoms. The van der Waals surface area contributed by atoms with Crippen LogP contribution in [0.15, 0.2) is 91.5 Å². The average molecular weight is 442 g/mol. The number of nitro benzene ring substituents is 1. The van der Waals surface area contributed by atoms with Crippen LogP contribution in [0.3, 0.4) is 0 Å². The first-order valence-corrected chi connectivity index (χ1v) is 10.3. The lowest BCUT2D eigenvalue weighted by atomic mass is 10.0. The van der Waals surface area contributed by atoms with Crippen molar-refractivity contribution in [3.05, 3.63) is 118 Å². The molecule has 1 aromatic heterocycles. The largest absolute Gasteiger partial charge is 0.508 e. The van der Waals surface area contributed by atoms with Crippen molar-refractivity contribution in [2.24, 2.45) is 0 Å². The first kappa shape index (κ1) is 21.8. The summed E-state index contributed by atoms with van der Waals surface area (Å²) in [5.41, 5.74) is 1.79. The number of aromatic hydroxyl groups is 1. The summed E-state index contributed by atoms with van der Waals surface area (Å²) in [6.07, 6.45) is 4.59. The summed E-state index contributed by atoms with van der Waals surface area (Å²) >= 11 is 0. The molecule has 1 unspecified atom stereocenters. The molecule has 4 rings (SSSR count). The van der Waals surface area contributed by atoms with Gasteiger partial charge in [0.2, 0.25) is 0 Å². The van der Waals surface area contributed by atoms with Gasteiger partial charge in [0.25, 0.3) is 11.6 Å². The molecule has 8 nitrogen and oxygen atoms in total. The molecule has 4 aromatic rings. The van der Waals surface area contributed by atoms with Gasteiger partial charge in [-0.25, -0.2) is 4.98 Å². The van der Waals surface area contributed by atoms with Gasteiger partial charge in [0.15, 0.2) is 0 Å². The topological polar surface area (TPSA) is 102 Å². The maximum Gasteiger partial charge on any atom is 0.294 e. The van der Waals surface area contributed by atoms with Gasteiger partial charge in [-0.1, -0.05) is 48.5 Å². The Morgan fingerprint density at radius 1 is 1.12 bits per heavy atom. The summed E-state index contributed by atoms with van der Waals surface area (Å²) in [7, 11) is 0. The highest BCUT2D eigenvalue weighted by Crippen LogP contribution is 2.30. The lowest BCUT2D eigenvalue weighted by molar-refractivity contribution is -0.384. The van der Waals surface area contributed by atoms with Crippen LogP contribution in [0.1, 0.15) is 34.5 Å². The number of amides is 1. The molecule has 8 heteroatoms. The van der Waals surface area contributed by atoms with Crippen LogP contribution in [-0.4, -0.2) is 30.4 Å². The Hall–Kier alpha value is -4.46. The number of phenols is 1. The number of nitro groups is 1. The van der Waals surface area contributed by atoms with E-state index in [4.69, 9.17) is 0 Å². The Morgan fingerprint density at radius 2 is 1.85 bits per heavy atom. The first-order chi connectivity index (χ1) is 16.0.